The molecule has 0 aliphatic heterocycles. The van der Waals surface area contributed by atoms with Gasteiger partial charge in [-0.15, -0.1) is 10.2 Å². The predicted molar refractivity (Wildman–Crippen MR) is 144 cm³/mol. The average molecular weight is 533 g/mol. The maximum absolute atomic E-state index is 5.50. The highest BCUT2D eigenvalue weighted by Crippen LogP contribution is 2.32. The summed E-state index contributed by atoms with van der Waals surface area (Å²) in [5.41, 5.74) is 4.46. The van der Waals surface area contributed by atoms with Gasteiger partial charge in [-0.05, 0) is 54.7 Å². The molecular formula is C24H17BrN6S2. The van der Waals surface area contributed by atoms with Gasteiger partial charge in [0.2, 0.25) is 0 Å². The lowest BCUT2D eigenvalue weighted by Gasteiger charge is -2.14. The molecule has 0 saturated carbocycles. The summed E-state index contributed by atoms with van der Waals surface area (Å²) in [5.74, 6) is 0.564. The molecule has 6 nitrogen and oxygen atoms in total. The Morgan fingerprint density at radius 3 is 2.39 bits per heavy atom. The molecule has 0 spiro atoms. The minimum atomic E-state index is 0.416. The van der Waals surface area contributed by atoms with Crippen LogP contribution in [0, 0.1) is 0 Å². The predicted octanol–water partition coefficient (Wildman–Crippen LogP) is 7.07. The summed E-state index contributed by atoms with van der Waals surface area (Å²) in [7, 11) is 0. The Morgan fingerprint density at radius 1 is 0.818 bits per heavy atom. The first-order valence-corrected chi connectivity index (χ1v) is 12.1. The van der Waals surface area contributed by atoms with Crippen LogP contribution in [0.3, 0.4) is 0 Å². The molecule has 3 N–H and O–H groups in total. The average Bonchev–Trinajstić information content (AvgIpc) is 3.23. The lowest BCUT2D eigenvalue weighted by atomic mass is 10.1. The van der Waals surface area contributed by atoms with E-state index in [1.165, 1.54) is 0 Å². The topological polar surface area (TPSA) is 74.8 Å². The van der Waals surface area contributed by atoms with Crippen molar-refractivity contribution in [1.82, 2.24) is 15.2 Å². The van der Waals surface area contributed by atoms with Gasteiger partial charge < -0.3 is 16.0 Å². The number of aromatic nitrogens is 3. The number of nitrogens with one attached hydrogen (secondary N) is 3. The summed E-state index contributed by atoms with van der Waals surface area (Å²) in [6.07, 6.45) is 0. The molecule has 0 saturated heterocycles. The van der Waals surface area contributed by atoms with E-state index in [0.717, 1.165) is 42.5 Å². The fourth-order valence-electron chi connectivity index (χ4n) is 3.20. The normalized spacial score (nSPS) is 10.7. The minimum absolute atomic E-state index is 0.416. The molecule has 0 fully saturated rings. The summed E-state index contributed by atoms with van der Waals surface area (Å²) in [6, 6.07) is 27.5. The highest BCUT2D eigenvalue weighted by molar-refractivity contribution is 9.10. The number of halogens is 1. The number of rotatable bonds is 5. The molecule has 2 heterocycles. The van der Waals surface area contributed by atoms with Gasteiger partial charge >= 0.3 is 0 Å². The highest BCUT2D eigenvalue weighted by atomic mass is 79.9. The lowest BCUT2D eigenvalue weighted by molar-refractivity contribution is 1.05. The molecule has 0 atom stereocenters. The number of anilines is 4. The van der Waals surface area contributed by atoms with Gasteiger partial charge in [-0.2, -0.15) is 0 Å². The maximum atomic E-state index is 5.50. The largest absolute Gasteiger partial charge is 0.331 e. The maximum Gasteiger partial charge on any atom is 0.188 e. The number of benzene rings is 3. The van der Waals surface area contributed by atoms with Crippen molar-refractivity contribution in [2.24, 2.45) is 0 Å². The van der Waals surface area contributed by atoms with E-state index in [4.69, 9.17) is 12.2 Å². The fourth-order valence-corrected chi connectivity index (χ4v) is 4.84. The van der Waals surface area contributed by atoms with Crippen LogP contribution in [0.5, 0.6) is 0 Å². The van der Waals surface area contributed by atoms with Crippen LogP contribution in [-0.4, -0.2) is 20.3 Å². The van der Waals surface area contributed by atoms with Gasteiger partial charge in [-0.1, -0.05) is 69.7 Å². The van der Waals surface area contributed by atoms with Crippen LogP contribution in [0.4, 0.5) is 22.3 Å². The van der Waals surface area contributed by atoms with Crippen molar-refractivity contribution in [2.45, 2.75) is 0 Å². The first-order chi connectivity index (χ1) is 16.1. The molecule has 0 aliphatic rings. The first-order valence-electron chi connectivity index (χ1n) is 10.0. The van der Waals surface area contributed by atoms with E-state index in [-0.39, 0.29) is 0 Å². The molecular weight excluding hydrogens is 516 g/mol. The van der Waals surface area contributed by atoms with E-state index in [0.29, 0.717) is 10.9 Å². The van der Waals surface area contributed by atoms with Crippen molar-refractivity contribution in [2.75, 3.05) is 16.0 Å². The monoisotopic (exact) mass is 532 g/mol. The zero-order chi connectivity index (χ0) is 22.6. The number of thiocarbonyl (C=S) groups is 1. The number of para-hydroxylation sites is 2. The Morgan fingerprint density at radius 2 is 1.61 bits per heavy atom. The second-order valence-electron chi connectivity index (χ2n) is 7.05. The Balaban J connectivity index is 1.28. The Hall–Kier alpha value is -3.40. The molecule has 9 heteroatoms. The van der Waals surface area contributed by atoms with Crippen LogP contribution < -0.4 is 16.0 Å². The Labute approximate surface area is 208 Å². The van der Waals surface area contributed by atoms with Crippen molar-refractivity contribution < 1.29 is 0 Å². The number of hydrogen-bond acceptors (Lipinski definition) is 6. The molecule has 5 aromatic rings. The molecule has 162 valence electrons. The first kappa shape index (κ1) is 21.4. The molecule has 2 aromatic heterocycles. The van der Waals surface area contributed by atoms with E-state index in [2.05, 4.69) is 53.1 Å². The van der Waals surface area contributed by atoms with Crippen molar-refractivity contribution >= 4 is 77.1 Å². The summed E-state index contributed by atoms with van der Waals surface area (Å²) in [6.45, 7) is 0. The molecule has 0 bridgehead atoms. The fraction of sp³-hybridized carbons (Fsp3) is 0. The van der Waals surface area contributed by atoms with Gasteiger partial charge in [0.25, 0.3) is 0 Å². The van der Waals surface area contributed by atoms with E-state index in [1.807, 2.05) is 78.9 Å². The van der Waals surface area contributed by atoms with Crippen LogP contribution in [-0.2, 0) is 0 Å². The van der Waals surface area contributed by atoms with Crippen molar-refractivity contribution in [1.29, 1.82) is 0 Å². The quantitative estimate of drug-likeness (QED) is 0.209. The summed E-state index contributed by atoms with van der Waals surface area (Å²) >= 11 is 10.6. The lowest BCUT2D eigenvalue weighted by Crippen LogP contribution is -2.20. The molecule has 0 radical (unpaired) electrons. The zero-order valence-electron chi connectivity index (χ0n) is 17.1. The summed E-state index contributed by atoms with van der Waals surface area (Å²) < 4.78 is 2.13. The third kappa shape index (κ3) is 5.16. The third-order valence-electron chi connectivity index (χ3n) is 4.74. The smallest absolute Gasteiger partial charge is 0.188 e. The number of nitrogens with zero attached hydrogens (tertiary/aromatic N) is 3. The van der Waals surface area contributed by atoms with Crippen LogP contribution in [0.25, 0.3) is 21.5 Å². The zero-order valence-corrected chi connectivity index (χ0v) is 20.3. The van der Waals surface area contributed by atoms with Crippen molar-refractivity contribution in [3.63, 3.8) is 0 Å². The number of hydrogen-bond donors (Lipinski definition) is 3. The van der Waals surface area contributed by atoms with Gasteiger partial charge in [-0.25, -0.2) is 4.98 Å². The summed E-state index contributed by atoms with van der Waals surface area (Å²) in [4.78, 5) is 4.66. The minimum Gasteiger partial charge on any atom is -0.331 e. The van der Waals surface area contributed by atoms with Crippen molar-refractivity contribution in [3.05, 3.63) is 89.4 Å². The molecule has 3 aromatic carbocycles. The van der Waals surface area contributed by atoms with Gasteiger partial charge in [-0.3, -0.25) is 0 Å². The number of fused-ring (bicyclic) bond motifs is 1. The Kier molecular flexibility index (Phi) is 6.25. The van der Waals surface area contributed by atoms with Gasteiger partial charge in [0.15, 0.2) is 16.1 Å². The van der Waals surface area contributed by atoms with E-state index in [1.54, 1.807) is 11.3 Å². The SMILES string of the molecule is S=C(Nc1ccc(-c2ccccc2)nn1)Nc1ccccc1Nc1nc2ccc(Br)cc2s1. The van der Waals surface area contributed by atoms with Crippen LogP contribution in [0.15, 0.2) is 89.4 Å². The van der Waals surface area contributed by atoms with Gasteiger partial charge in [0, 0.05) is 10.0 Å². The van der Waals surface area contributed by atoms with E-state index >= 15 is 0 Å². The van der Waals surface area contributed by atoms with Crippen LogP contribution >= 0.6 is 39.5 Å². The highest BCUT2D eigenvalue weighted by Gasteiger charge is 2.09. The van der Waals surface area contributed by atoms with Crippen molar-refractivity contribution in [3.8, 4) is 11.3 Å². The van der Waals surface area contributed by atoms with Crippen LogP contribution in [0.1, 0.15) is 0 Å². The van der Waals surface area contributed by atoms with Gasteiger partial charge in [0.05, 0.1) is 27.3 Å². The van der Waals surface area contributed by atoms with E-state index < -0.39 is 0 Å². The van der Waals surface area contributed by atoms with E-state index in [9.17, 15) is 0 Å². The second kappa shape index (κ2) is 9.62. The third-order valence-corrected chi connectivity index (χ3v) is 6.37. The summed E-state index contributed by atoms with van der Waals surface area (Å²) in [5, 5.41) is 19.5. The molecule has 5 rings (SSSR count). The van der Waals surface area contributed by atoms with Gasteiger partial charge in [0.1, 0.15) is 0 Å². The molecule has 0 amide bonds. The standard InChI is InChI=1S/C24H17BrN6S2/c25-16-10-11-20-21(14-16)33-24(28-20)27-19-9-5-4-8-18(19)26-23(32)29-22-13-12-17(30-31-22)15-6-2-1-3-7-15/h1-14H,(H,27,28)(H2,26,29,31,32). The molecule has 0 unspecified atom stereocenters. The Bertz CT molecular complexity index is 1420. The second-order valence-corrected chi connectivity index (χ2v) is 9.41. The molecule has 33 heavy (non-hydrogen) atoms. The number of thiazole rings is 1. The molecule has 0 aliphatic carbocycles. The van der Waals surface area contributed by atoms with Crippen LogP contribution in [0.2, 0.25) is 0 Å².